The number of hydrogen-bond acceptors (Lipinski definition) is 2. The van der Waals surface area contributed by atoms with Crippen molar-refractivity contribution >= 4 is 11.6 Å². The van der Waals surface area contributed by atoms with Gasteiger partial charge in [-0.3, -0.25) is 0 Å². The molecule has 0 amide bonds. The van der Waals surface area contributed by atoms with Gasteiger partial charge < -0.3 is 14.8 Å². The zero-order valence-electron chi connectivity index (χ0n) is 14.4. The van der Waals surface area contributed by atoms with E-state index in [0.29, 0.717) is 11.8 Å². The fourth-order valence-electron chi connectivity index (χ4n) is 2.95. The number of benzene rings is 1. The molecule has 1 aromatic carbocycles. The highest BCUT2D eigenvalue weighted by atomic mass is 19.4. The molecule has 0 bridgehead atoms. The molecule has 0 aliphatic carbocycles. The summed E-state index contributed by atoms with van der Waals surface area (Å²) in [6.07, 6.45) is 1.78. The third-order valence-corrected chi connectivity index (χ3v) is 4.21. The van der Waals surface area contributed by atoms with Gasteiger partial charge in [0.1, 0.15) is 18.9 Å². The number of imidazole rings is 1. The predicted molar refractivity (Wildman–Crippen MR) is 94.9 cm³/mol. The lowest BCUT2D eigenvalue weighted by molar-refractivity contribution is -0.141. The maximum atomic E-state index is 12.7. The van der Waals surface area contributed by atoms with Crippen LogP contribution in [0, 0.1) is 0 Å². The van der Waals surface area contributed by atoms with E-state index in [1.807, 2.05) is 30.3 Å². The third-order valence-electron chi connectivity index (χ3n) is 4.21. The summed E-state index contributed by atoms with van der Waals surface area (Å²) in [4.78, 5) is 10.7. The average molecular weight is 365 g/mol. The van der Waals surface area contributed by atoms with Crippen molar-refractivity contribution in [3.63, 3.8) is 0 Å². The zero-order valence-corrected chi connectivity index (χ0v) is 14.4. The number of aliphatic imine (C=N–C) groups is 1. The average Bonchev–Trinajstić information content (AvgIpc) is 3.05. The first kappa shape index (κ1) is 18.3. The molecule has 5 nitrogen and oxygen atoms in total. The molecule has 1 aliphatic heterocycles. The Balaban J connectivity index is 1.77. The Hall–Kier alpha value is -2.51. The molecule has 2 heterocycles. The lowest BCUT2D eigenvalue weighted by atomic mass is 10.1. The van der Waals surface area contributed by atoms with Gasteiger partial charge in [0.25, 0.3) is 0 Å². The monoisotopic (exact) mass is 365 g/mol. The van der Waals surface area contributed by atoms with Crippen molar-refractivity contribution in [1.82, 2.24) is 14.5 Å². The number of nitrogens with one attached hydrogen (secondary N) is 1. The highest BCUT2D eigenvalue weighted by Crippen LogP contribution is 2.19. The number of aromatic nitrogens is 2. The second-order valence-electron chi connectivity index (χ2n) is 6.27. The molecule has 8 heteroatoms. The molecular weight excluding hydrogens is 343 g/mol. The van der Waals surface area contributed by atoms with E-state index in [0.717, 1.165) is 36.2 Å². The quantitative estimate of drug-likeness (QED) is 0.660. The van der Waals surface area contributed by atoms with Crippen LogP contribution >= 0.6 is 0 Å². The van der Waals surface area contributed by atoms with E-state index in [-0.39, 0.29) is 6.54 Å². The number of rotatable bonds is 4. The minimum absolute atomic E-state index is 0.0920. The summed E-state index contributed by atoms with van der Waals surface area (Å²) in [6, 6.07) is 9.64. The van der Waals surface area contributed by atoms with Crippen molar-refractivity contribution in [3.8, 4) is 0 Å². The van der Waals surface area contributed by atoms with E-state index in [1.165, 1.54) is 18.8 Å². The summed E-state index contributed by atoms with van der Waals surface area (Å²) >= 11 is 0. The molecule has 1 fully saturated rings. The minimum atomic E-state index is -4.28. The Morgan fingerprint density at radius 2 is 1.85 bits per heavy atom. The molecule has 0 unspecified atom stereocenters. The Kier molecular flexibility index (Phi) is 5.80. The second kappa shape index (κ2) is 8.25. The molecule has 1 aliphatic rings. The molecule has 0 atom stereocenters. The van der Waals surface area contributed by atoms with Gasteiger partial charge in [0.05, 0.1) is 0 Å². The van der Waals surface area contributed by atoms with E-state index in [2.05, 4.69) is 20.2 Å². The minimum Gasteiger partial charge on any atom is -0.343 e. The number of alkyl halides is 3. The van der Waals surface area contributed by atoms with Crippen LogP contribution < -0.4 is 5.32 Å². The number of anilines is 1. The van der Waals surface area contributed by atoms with E-state index >= 15 is 0 Å². The molecule has 0 saturated carbocycles. The molecule has 0 radical (unpaired) electrons. The maximum absolute atomic E-state index is 12.7. The molecule has 3 rings (SSSR count). The van der Waals surface area contributed by atoms with Crippen molar-refractivity contribution in [2.45, 2.75) is 38.5 Å². The summed E-state index contributed by atoms with van der Waals surface area (Å²) in [5.41, 5.74) is 0.899. The SMILES string of the molecule is FC(F)(F)Cn1ccnc1CN=C(Nc1ccccc1)N1CCCCC1. The summed E-state index contributed by atoms with van der Waals surface area (Å²) < 4.78 is 39.1. The van der Waals surface area contributed by atoms with E-state index in [9.17, 15) is 13.2 Å². The van der Waals surface area contributed by atoms with Gasteiger partial charge in [0, 0.05) is 31.2 Å². The van der Waals surface area contributed by atoms with Crippen molar-refractivity contribution in [2.75, 3.05) is 18.4 Å². The maximum Gasteiger partial charge on any atom is 0.406 e. The second-order valence-corrected chi connectivity index (χ2v) is 6.27. The lowest BCUT2D eigenvalue weighted by Gasteiger charge is -2.30. The van der Waals surface area contributed by atoms with Gasteiger partial charge in [-0.05, 0) is 31.4 Å². The third kappa shape index (κ3) is 5.24. The first-order chi connectivity index (χ1) is 12.5. The molecule has 1 N–H and O–H groups in total. The Morgan fingerprint density at radius 1 is 1.12 bits per heavy atom. The van der Waals surface area contributed by atoms with Crippen LogP contribution in [0.15, 0.2) is 47.7 Å². The molecular formula is C18H22F3N5. The number of halogens is 3. The smallest absolute Gasteiger partial charge is 0.343 e. The van der Waals surface area contributed by atoms with Gasteiger partial charge in [0.2, 0.25) is 0 Å². The molecule has 26 heavy (non-hydrogen) atoms. The normalized spacial score (nSPS) is 16.0. The zero-order chi connectivity index (χ0) is 18.4. The summed E-state index contributed by atoms with van der Waals surface area (Å²) in [7, 11) is 0. The Morgan fingerprint density at radius 3 is 2.54 bits per heavy atom. The number of guanidine groups is 1. The first-order valence-electron chi connectivity index (χ1n) is 8.69. The molecule has 1 aromatic heterocycles. The van der Waals surface area contributed by atoms with Crippen LogP contribution in [0.2, 0.25) is 0 Å². The highest BCUT2D eigenvalue weighted by molar-refractivity contribution is 5.93. The van der Waals surface area contributed by atoms with Crippen molar-refractivity contribution < 1.29 is 13.2 Å². The van der Waals surface area contributed by atoms with Crippen molar-refractivity contribution in [3.05, 3.63) is 48.5 Å². The number of hydrogen-bond donors (Lipinski definition) is 1. The lowest BCUT2D eigenvalue weighted by Crippen LogP contribution is -2.40. The molecule has 140 valence electrons. The van der Waals surface area contributed by atoms with Crippen LogP contribution in [0.25, 0.3) is 0 Å². The Labute approximate surface area is 150 Å². The number of piperidine rings is 1. The molecule has 0 spiro atoms. The summed E-state index contributed by atoms with van der Waals surface area (Å²) in [5, 5.41) is 3.30. The van der Waals surface area contributed by atoms with Crippen LogP contribution in [0.3, 0.4) is 0 Å². The number of para-hydroxylation sites is 1. The standard InChI is InChI=1S/C18H22F3N5/c19-18(20,21)14-26-12-9-22-16(26)13-23-17(25-10-5-2-6-11-25)24-15-7-3-1-4-8-15/h1,3-4,7-9,12H,2,5-6,10-11,13-14H2,(H,23,24). The molecule has 1 saturated heterocycles. The van der Waals surface area contributed by atoms with Gasteiger partial charge in [-0.15, -0.1) is 0 Å². The largest absolute Gasteiger partial charge is 0.406 e. The number of likely N-dealkylation sites (tertiary alicyclic amines) is 1. The Bertz CT molecular complexity index is 718. The summed E-state index contributed by atoms with van der Waals surface area (Å²) in [6.45, 7) is 0.809. The van der Waals surface area contributed by atoms with Crippen LogP contribution in [0.5, 0.6) is 0 Å². The van der Waals surface area contributed by atoms with Crippen LogP contribution in [0.1, 0.15) is 25.1 Å². The van der Waals surface area contributed by atoms with Gasteiger partial charge in [-0.1, -0.05) is 18.2 Å². The predicted octanol–water partition coefficient (Wildman–Crippen LogP) is 3.90. The van der Waals surface area contributed by atoms with Crippen LogP contribution in [-0.2, 0) is 13.1 Å². The number of nitrogens with zero attached hydrogens (tertiary/aromatic N) is 4. The fourth-order valence-corrected chi connectivity index (χ4v) is 2.95. The van der Waals surface area contributed by atoms with Gasteiger partial charge in [0.15, 0.2) is 5.96 Å². The van der Waals surface area contributed by atoms with Crippen molar-refractivity contribution in [1.29, 1.82) is 0 Å². The topological polar surface area (TPSA) is 45.5 Å². The van der Waals surface area contributed by atoms with E-state index in [1.54, 1.807) is 0 Å². The van der Waals surface area contributed by atoms with Gasteiger partial charge in [-0.2, -0.15) is 13.2 Å². The fraction of sp³-hybridized carbons (Fsp3) is 0.444. The first-order valence-corrected chi connectivity index (χ1v) is 8.69. The summed E-state index contributed by atoms with van der Waals surface area (Å²) in [5.74, 6) is 0.976. The van der Waals surface area contributed by atoms with Gasteiger partial charge in [-0.25, -0.2) is 9.98 Å². The van der Waals surface area contributed by atoms with E-state index < -0.39 is 12.7 Å². The molecule has 2 aromatic rings. The van der Waals surface area contributed by atoms with E-state index in [4.69, 9.17) is 0 Å². The van der Waals surface area contributed by atoms with Crippen LogP contribution in [0.4, 0.5) is 18.9 Å². The van der Waals surface area contributed by atoms with Gasteiger partial charge >= 0.3 is 6.18 Å². The highest BCUT2D eigenvalue weighted by Gasteiger charge is 2.28. The van der Waals surface area contributed by atoms with Crippen LogP contribution in [-0.4, -0.2) is 39.7 Å². The van der Waals surface area contributed by atoms with Crippen molar-refractivity contribution in [2.24, 2.45) is 4.99 Å².